The molecule has 3 rings (SSSR count). The van der Waals surface area contributed by atoms with Crippen molar-refractivity contribution in [2.75, 3.05) is 18.5 Å². The normalized spacial score (nSPS) is 24.6. The van der Waals surface area contributed by atoms with Gasteiger partial charge in [0.25, 0.3) is 0 Å². The SMILES string of the molecule is Cc1cccc(C)c1NC(=O)C[C@@H]1SC(=NC[C@H]2CCCO2)NC1=O. The third-order valence-electron chi connectivity index (χ3n) is 4.36. The minimum atomic E-state index is -0.437. The number of thioether (sulfide) groups is 1. The van der Waals surface area contributed by atoms with Crippen LogP contribution in [0.2, 0.25) is 0 Å². The quantitative estimate of drug-likeness (QED) is 0.844. The fraction of sp³-hybridized carbons (Fsp3) is 0.500. The molecule has 134 valence electrons. The van der Waals surface area contributed by atoms with Crippen LogP contribution in [0.3, 0.4) is 0 Å². The Hall–Kier alpha value is -1.86. The Kier molecular flexibility index (Phi) is 5.75. The maximum Gasteiger partial charge on any atom is 0.240 e. The number of carbonyl (C=O) groups is 2. The van der Waals surface area contributed by atoms with Crippen molar-refractivity contribution in [3.05, 3.63) is 29.3 Å². The molecule has 25 heavy (non-hydrogen) atoms. The Morgan fingerprint density at radius 2 is 2.16 bits per heavy atom. The number of carbonyl (C=O) groups excluding carboxylic acids is 2. The average Bonchev–Trinajstić information content (AvgIpc) is 3.19. The number of aryl methyl sites for hydroxylation is 2. The fourth-order valence-electron chi connectivity index (χ4n) is 2.96. The number of ether oxygens (including phenoxy) is 1. The molecule has 0 unspecified atom stereocenters. The van der Waals surface area contributed by atoms with E-state index in [0.29, 0.717) is 11.7 Å². The molecule has 2 fully saturated rings. The van der Waals surface area contributed by atoms with E-state index in [9.17, 15) is 9.59 Å². The number of nitrogens with one attached hydrogen (secondary N) is 2. The van der Waals surface area contributed by atoms with Gasteiger partial charge in [-0.3, -0.25) is 14.6 Å². The summed E-state index contributed by atoms with van der Waals surface area (Å²) >= 11 is 1.32. The number of anilines is 1. The summed E-state index contributed by atoms with van der Waals surface area (Å²) in [5, 5.41) is 5.83. The number of hydrogen-bond acceptors (Lipinski definition) is 5. The molecular formula is C18H23N3O3S. The van der Waals surface area contributed by atoms with E-state index in [-0.39, 0.29) is 24.3 Å². The lowest BCUT2D eigenvalue weighted by molar-refractivity contribution is -0.122. The molecule has 0 bridgehead atoms. The number of para-hydroxylation sites is 1. The van der Waals surface area contributed by atoms with E-state index in [1.165, 1.54) is 11.8 Å². The van der Waals surface area contributed by atoms with Gasteiger partial charge in [0.15, 0.2) is 5.17 Å². The number of aliphatic imine (C=N–C) groups is 1. The molecule has 2 saturated heterocycles. The van der Waals surface area contributed by atoms with Gasteiger partial charge in [-0.1, -0.05) is 30.0 Å². The summed E-state index contributed by atoms with van der Waals surface area (Å²) in [6.07, 6.45) is 2.35. The average molecular weight is 361 g/mol. The first-order valence-electron chi connectivity index (χ1n) is 8.52. The zero-order valence-corrected chi connectivity index (χ0v) is 15.3. The van der Waals surface area contributed by atoms with Crippen molar-refractivity contribution in [2.45, 2.75) is 44.5 Å². The summed E-state index contributed by atoms with van der Waals surface area (Å²) in [6, 6.07) is 5.86. The van der Waals surface area contributed by atoms with Gasteiger partial charge in [-0.05, 0) is 37.8 Å². The summed E-state index contributed by atoms with van der Waals surface area (Å²) < 4.78 is 5.53. The molecule has 0 saturated carbocycles. The number of amidine groups is 1. The van der Waals surface area contributed by atoms with E-state index in [1.54, 1.807) is 0 Å². The van der Waals surface area contributed by atoms with E-state index >= 15 is 0 Å². The van der Waals surface area contributed by atoms with Crippen LogP contribution in [0.15, 0.2) is 23.2 Å². The van der Waals surface area contributed by atoms with Gasteiger partial charge < -0.3 is 15.4 Å². The second kappa shape index (κ2) is 8.01. The molecule has 1 aromatic carbocycles. The summed E-state index contributed by atoms with van der Waals surface area (Å²) in [5.41, 5.74) is 2.84. The van der Waals surface area contributed by atoms with E-state index in [1.807, 2.05) is 32.0 Å². The molecule has 0 spiro atoms. The van der Waals surface area contributed by atoms with E-state index in [4.69, 9.17) is 4.74 Å². The minimum absolute atomic E-state index is 0.128. The van der Waals surface area contributed by atoms with Crippen LogP contribution in [0.25, 0.3) is 0 Å². The highest BCUT2D eigenvalue weighted by atomic mass is 32.2. The Morgan fingerprint density at radius 1 is 1.40 bits per heavy atom. The second-order valence-corrected chi connectivity index (χ2v) is 7.59. The van der Waals surface area contributed by atoms with Crippen LogP contribution in [0.5, 0.6) is 0 Å². The van der Waals surface area contributed by atoms with Crippen molar-refractivity contribution < 1.29 is 14.3 Å². The van der Waals surface area contributed by atoms with Crippen molar-refractivity contribution in [2.24, 2.45) is 4.99 Å². The van der Waals surface area contributed by atoms with Crippen LogP contribution in [-0.4, -0.2) is 41.5 Å². The van der Waals surface area contributed by atoms with Gasteiger partial charge >= 0.3 is 0 Å². The van der Waals surface area contributed by atoms with Crippen LogP contribution in [0, 0.1) is 13.8 Å². The molecule has 0 radical (unpaired) electrons. The lowest BCUT2D eigenvalue weighted by atomic mass is 10.1. The predicted octanol–water partition coefficient (Wildman–Crippen LogP) is 2.40. The van der Waals surface area contributed by atoms with Crippen LogP contribution < -0.4 is 10.6 Å². The first kappa shape index (κ1) is 17.9. The lowest BCUT2D eigenvalue weighted by Gasteiger charge is -2.12. The van der Waals surface area contributed by atoms with E-state index < -0.39 is 5.25 Å². The zero-order valence-electron chi connectivity index (χ0n) is 14.5. The minimum Gasteiger partial charge on any atom is -0.376 e. The van der Waals surface area contributed by atoms with Gasteiger partial charge in [0.1, 0.15) is 5.25 Å². The highest BCUT2D eigenvalue weighted by Gasteiger charge is 2.32. The van der Waals surface area contributed by atoms with Crippen LogP contribution >= 0.6 is 11.8 Å². The third kappa shape index (κ3) is 4.61. The van der Waals surface area contributed by atoms with Crippen molar-refractivity contribution >= 4 is 34.4 Å². The Balaban J connectivity index is 1.54. The largest absolute Gasteiger partial charge is 0.376 e. The maximum absolute atomic E-state index is 12.3. The summed E-state index contributed by atoms with van der Waals surface area (Å²) in [5.74, 6) is -0.321. The number of rotatable bonds is 5. The van der Waals surface area contributed by atoms with E-state index in [2.05, 4.69) is 15.6 Å². The van der Waals surface area contributed by atoms with Crippen molar-refractivity contribution in [1.82, 2.24) is 5.32 Å². The standard InChI is InChI=1S/C18H23N3O3S/c1-11-5-3-6-12(2)16(11)20-15(22)9-14-17(23)21-18(25-14)19-10-13-7-4-8-24-13/h3,5-6,13-14H,4,7-10H2,1-2H3,(H,20,22)(H,19,21,23)/t13-,14+/m1/s1. The Morgan fingerprint density at radius 3 is 2.84 bits per heavy atom. The summed E-state index contributed by atoms with van der Waals surface area (Å²) in [4.78, 5) is 28.8. The molecule has 2 N–H and O–H groups in total. The van der Waals surface area contributed by atoms with E-state index in [0.717, 1.165) is 36.3 Å². The number of amides is 2. The first-order valence-corrected chi connectivity index (χ1v) is 9.40. The van der Waals surface area contributed by atoms with Gasteiger partial charge in [0, 0.05) is 18.7 Å². The molecule has 2 heterocycles. The molecule has 7 heteroatoms. The second-order valence-electron chi connectivity index (χ2n) is 6.40. The molecule has 1 aromatic rings. The molecule has 2 aliphatic rings. The predicted molar refractivity (Wildman–Crippen MR) is 100.0 cm³/mol. The zero-order chi connectivity index (χ0) is 17.8. The molecule has 6 nitrogen and oxygen atoms in total. The summed E-state index contributed by atoms with van der Waals surface area (Å²) in [7, 11) is 0. The van der Waals surface area contributed by atoms with Gasteiger partial charge in [-0.2, -0.15) is 0 Å². The monoisotopic (exact) mass is 361 g/mol. The maximum atomic E-state index is 12.3. The third-order valence-corrected chi connectivity index (χ3v) is 5.47. The fourth-order valence-corrected chi connectivity index (χ4v) is 3.94. The molecular weight excluding hydrogens is 338 g/mol. The van der Waals surface area contributed by atoms with Crippen LogP contribution in [0.1, 0.15) is 30.4 Å². The van der Waals surface area contributed by atoms with Crippen molar-refractivity contribution in [3.8, 4) is 0 Å². The van der Waals surface area contributed by atoms with Gasteiger partial charge in [0.2, 0.25) is 11.8 Å². The first-order chi connectivity index (χ1) is 12.0. The lowest BCUT2D eigenvalue weighted by Crippen LogP contribution is -2.28. The molecule has 0 aliphatic carbocycles. The number of benzene rings is 1. The summed E-state index contributed by atoms with van der Waals surface area (Å²) in [6.45, 7) is 5.26. The topological polar surface area (TPSA) is 79.8 Å². The smallest absolute Gasteiger partial charge is 0.240 e. The van der Waals surface area contributed by atoms with Crippen LogP contribution in [0.4, 0.5) is 5.69 Å². The van der Waals surface area contributed by atoms with Crippen molar-refractivity contribution in [3.63, 3.8) is 0 Å². The Labute approximate surface area is 151 Å². The molecule has 2 amide bonds. The van der Waals surface area contributed by atoms with Gasteiger partial charge in [0.05, 0.1) is 12.6 Å². The Bertz CT molecular complexity index is 679. The van der Waals surface area contributed by atoms with Gasteiger partial charge in [-0.25, -0.2) is 0 Å². The highest BCUT2D eigenvalue weighted by Crippen LogP contribution is 2.25. The molecule has 2 atom stereocenters. The molecule has 2 aliphatic heterocycles. The number of hydrogen-bond donors (Lipinski definition) is 2. The highest BCUT2D eigenvalue weighted by molar-refractivity contribution is 8.15. The van der Waals surface area contributed by atoms with Crippen LogP contribution in [-0.2, 0) is 14.3 Å². The van der Waals surface area contributed by atoms with Gasteiger partial charge in [-0.15, -0.1) is 0 Å². The number of nitrogens with zero attached hydrogens (tertiary/aromatic N) is 1. The molecule has 0 aromatic heterocycles. The van der Waals surface area contributed by atoms with Crippen molar-refractivity contribution in [1.29, 1.82) is 0 Å².